The van der Waals surface area contributed by atoms with E-state index in [-0.39, 0.29) is 0 Å². The number of aromatic nitrogens is 20. The largest absolute Gasteiger partial charge is 0.496 e. The van der Waals surface area contributed by atoms with Crippen LogP contribution in [0.25, 0.3) is 79.1 Å². The van der Waals surface area contributed by atoms with Gasteiger partial charge in [-0.05, 0) is 153 Å². The Hall–Kier alpha value is -15.0. The van der Waals surface area contributed by atoms with E-state index in [2.05, 4.69) is 260 Å². The van der Waals surface area contributed by atoms with E-state index in [1.165, 1.54) is 60.2 Å². The molecule has 0 aliphatic carbocycles. The van der Waals surface area contributed by atoms with E-state index in [0.717, 1.165) is 135 Å². The number of hydrogen-bond acceptors (Lipinski definition) is 28. The number of nitriles is 1. The molecule has 15 rings (SSSR count). The predicted octanol–water partition coefficient (Wildman–Crippen LogP) is 29.5. The summed E-state index contributed by atoms with van der Waals surface area (Å²) in [6.45, 7) is 64.2. The fourth-order valence-electron chi connectivity index (χ4n) is 14.1. The third-order valence-corrected chi connectivity index (χ3v) is 20.6. The van der Waals surface area contributed by atoms with Crippen molar-refractivity contribution >= 4 is 0 Å². The van der Waals surface area contributed by atoms with Crippen molar-refractivity contribution in [1.82, 2.24) is 101 Å². The zero-order chi connectivity index (χ0) is 109. The smallest absolute Gasteiger partial charge is 0.207 e. The zero-order valence-corrected chi connectivity index (χ0v) is 93.4. The van der Waals surface area contributed by atoms with Crippen molar-refractivity contribution in [1.29, 1.82) is 5.26 Å². The van der Waals surface area contributed by atoms with E-state index in [1.807, 2.05) is 213 Å². The molecule has 0 fully saturated rings. The summed E-state index contributed by atoms with van der Waals surface area (Å²) in [5, 5.41) is 47.4. The fourth-order valence-corrected chi connectivity index (χ4v) is 14.1. The van der Waals surface area contributed by atoms with Gasteiger partial charge in [-0.2, -0.15) is 15.5 Å². The molecule has 0 N–H and O–H groups in total. The SMILES string of the molecule is CC.CC.CC.CC.CC.CC.CC.COc1c(-c2ccncn2)cccc1C(C)C.COc1c(-c2cncnc2)cccc1C(C)C.COc1c(-c2cncnn2)cccc1C(C)C.COc1c(-c2cnncn2)cccc1C(C)C.COc1c(-c2nccnn2)cccc1C(C)C.COc1c(-c2ncncn2)cccc1C(C)C.COc1c(-c2nncnn2)cccc1C(C)C.Cc1c(C#N)cccc1C(C)C. The van der Waals surface area contributed by atoms with Crippen molar-refractivity contribution in [3.05, 3.63) is 295 Å². The minimum absolute atomic E-state index is 0.370. The molecular formula is C117H161N21O7. The second-order valence-corrected chi connectivity index (χ2v) is 31.9. The minimum atomic E-state index is 0.370. The standard InChI is InChI=1S/2C14H16N2O.4C13H15N3O.C12H14N4O.C11H13N.7C2H6/c1-10(2)12-5-4-6-13(14(12)17-3)11-7-15-9-16-8-11;1-10(2)11-5-4-6-12(14(11)17-3)13-7-8-15-9-16-13;1-9(2)10-5-4-6-11(12(10)17-3)13-15-7-14-8-16-13;1-9(2)10-5-4-6-11(13(10)17-3)12-7-15-16-8-14-12;1-9(2)10-5-4-6-11(13(10)17-3)12-7-14-8-15-16-12;1-9(2)10-5-4-6-11(12(10)17-3)13-14-7-8-15-16-13;1-8(2)9-5-4-6-10(11(9)17-3)12-15-13-7-14-16-12;1-8(2)11-6-4-5-10(7-12)9(11)3;7*1-2/h2*4-10H,1-3H3;4*4-9H,1-3H3;4-8H,1-3H3;4-6,8H,1-3H3;7*1-2H3. The molecule has 0 atom stereocenters. The molecule has 0 unspecified atom stereocenters. The van der Waals surface area contributed by atoms with Gasteiger partial charge in [-0.3, -0.25) is 0 Å². The molecular weight excluding hydrogens is 1810 g/mol. The molecule has 0 amide bonds. The quantitative estimate of drug-likeness (QED) is 0.0608. The van der Waals surface area contributed by atoms with E-state index >= 15 is 0 Å². The van der Waals surface area contributed by atoms with Crippen LogP contribution < -0.4 is 33.2 Å². The van der Waals surface area contributed by atoms with Crippen LogP contribution in [-0.4, -0.2) is 151 Å². The Morgan fingerprint density at radius 1 is 0.228 bits per heavy atom. The van der Waals surface area contributed by atoms with Crippen molar-refractivity contribution in [2.75, 3.05) is 49.8 Å². The van der Waals surface area contributed by atoms with Crippen LogP contribution in [0.1, 0.15) is 311 Å². The van der Waals surface area contributed by atoms with E-state index in [9.17, 15) is 0 Å². The Balaban J connectivity index is 0.000000815. The zero-order valence-electron chi connectivity index (χ0n) is 93.4. The maximum Gasteiger partial charge on any atom is 0.207 e. The minimum Gasteiger partial charge on any atom is -0.496 e. The van der Waals surface area contributed by atoms with E-state index in [4.69, 9.17) is 38.4 Å². The molecule has 145 heavy (non-hydrogen) atoms. The molecule has 0 saturated carbocycles. The molecule has 0 bridgehead atoms. The average molecular weight is 1970 g/mol. The van der Waals surface area contributed by atoms with Gasteiger partial charge in [-0.1, -0.05) is 311 Å². The summed E-state index contributed by atoms with van der Waals surface area (Å²) in [5.41, 5.74) is 21.3. The number of hydrogen-bond donors (Lipinski definition) is 0. The summed E-state index contributed by atoms with van der Waals surface area (Å²) in [7, 11) is 11.7. The van der Waals surface area contributed by atoms with Crippen LogP contribution in [0.5, 0.6) is 40.2 Å². The summed E-state index contributed by atoms with van der Waals surface area (Å²) in [5.74, 6) is 11.0. The lowest BCUT2D eigenvalue weighted by molar-refractivity contribution is 0.408. The topological polar surface area (TPSA) is 346 Å². The Morgan fingerprint density at radius 2 is 0.545 bits per heavy atom. The van der Waals surface area contributed by atoms with Crippen molar-refractivity contribution in [3.63, 3.8) is 0 Å². The monoisotopic (exact) mass is 1970 g/mol. The third kappa shape index (κ3) is 39.7. The van der Waals surface area contributed by atoms with Crippen LogP contribution in [-0.2, 0) is 0 Å². The lowest BCUT2D eigenvalue weighted by Crippen LogP contribution is -2.00. The van der Waals surface area contributed by atoms with Gasteiger partial charge >= 0.3 is 0 Å². The normalized spacial score (nSPS) is 9.80. The van der Waals surface area contributed by atoms with Gasteiger partial charge < -0.3 is 33.2 Å². The maximum atomic E-state index is 8.77. The van der Waals surface area contributed by atoms with Crippen molar-refractivity contribution in [2.24, 2.45) is 0 Å². The van der Waals surface area contributed by atoms with Gasteiger partial charge in [-0.25, -0.2) is 49.8 Å². The molecule has 0 aliphatic heterocycles. The Morgan fingerprint density at radius 3 is 0.890 bits per heavy atom. The van der Waals surface area contributed by atoms with Gasteiger partial charge in [0.2, 0.25) is 5.82 Å². The first kappa shape index (κ1) is 128. The van der Waals surface area contributed by atoms with Crippen LogP contribution >= 0.6 is 0 Å². The first-order valence-electron chi connectivity index (χ1n) is 50.1. The summed E-state index contributed by atoms with van der Waals surface area (Å²) in [6, 6.07) is 52.3. The third-order valence-electron chi connectivity index (χ3n) is 20.6. The first-order valence-corrected chi connectivity index (χ1v) is 50.1. The van der Waals surface area contributed by atoms with Crippen molar-refractivity contribution < 1.29 is 33.2 Å². The highest BCUT2D eigenvalue weighted by molar-refractivity contribution is 5.74. The molecule has 0 saturated heterocycles. The lowest BCUT2D eigenvalue weighted by Gasteiger charge is -2.15. The van der Waals surface area contributed by atoms with Crippen LogP contribution in [0.2, 0.25) is 0 Å². The second kappa shape index (κ2) is 74.0. The summed E-state index contributed by atoms with van der Waals surface area (Å²) in [6.07, 6.45) is 22.1. The van der Waals surface area contributed by atoms with Crippen LogP contribution in [0.3, 0.4) is 0 Å². The molecule has 28 heteroatoms. The predicted molar refractivity (Wildman–Crippen MR) is 593 cm³/mol. The molecule has 15 aromatic rings. The Labute approximate surface area is 866 Å². The molecule has 0 aliphatic rings. The van der Waals surface area contributed by atoms with Crippen LogP contribution in [0.15, 0.2) is 239 Å². The number of rotatable bonds is 22. The van der Waals surface area contributed by atoms with Crippen LogP contribution in [0.4, 0.5) is 0 Å². The number of ether oxygens (including phenoxy) is 7. The maximum absolute atomic E-state index is 8.77. The highest BCUT2D eigenvalue weighted by Gasteiger charge is 2.22. The van der Waals surface area contributed by atoms with E-state index in [0.29, 0.717) is 64.8 Å². The average Bonchev–Trinajstić information content (AvgIpc) is 0.965. The number of nitrogens with zero attached hydrogens (tertiary/aromatic N) is 21. The van der Waals surface area contributed by atoms with Gasteiger partial charge in [0.15, 0.2) is 18.0 Å². The molecule has 7 aromatic heterocycles. The van der Waals surface area contributed by atoms with Gasteiger partial charge in [-0.15, -0.1) is 40.8 Å². The van der Waals surface area contributed by atoms with E-state index < -0.39 is 0 Å². The molecule has 776 valence electrons. The molecule has 0 spiro atoms. The van der Waals surface area contributed by atoms with Crippen molar-refractivity contribution in [3.8, 4) is 125 Å². The molecule has 28 nitrogen and oxygen atoms in total. The highest BCUT2D eigenvalue weighted by Crippen LogP contribution is 2.42. The summed E-state index contributed by atoms with van der Waals surface area (Å²) < 4.78 is 38.5. The van der Waals surface area contributed by atoms with Gasteiger partial charge in [0, 0.05) is 52.6 Å². The van der Waals surface area contributed by atoms with E-state index in [1.54, 1.807) is 99.5 Å². The Kier molecular flexibility index (Phi) is 65.3. The number of methoxy groups -OCH3 is 7. The first-order chi connectivity index (χ1) is 70.3. The molecule has 0 radical (unpaired) electrons. The summed E-state index contributed by atoms with van der Waals surface area (Å²) in [4.78, 5) is 40.8. The Bertz CT molecular complexity index is 5060. The van der Waals surface area contributed by atoms with Gasteiger partial charge in [0.25, 0.3) is 0 Å². The van der Waals surface area contributed by atoms with Crippen LogP contribution in [0, 0.1) is 18.3 Å². The lowest BCUT2D eigenvalue weighted by atomic mass is 9.95. The molecule has 7 heterocycles. The number of para-hydroxylation sites is 7. The van der Waals surface area contributed by atoms with Crippen molar-refractivity contribution in [2.45, 2.75) is 262 Å². The van der Waals surface area contributed by atoms with Gasteiger partial charge in [0.1, 0.15) is 83.9 Å². The summed E-state index contributed by atoms with van der Waals surface area (Å²) >= 11 is 0. The highest BCUT2D eigenvalue weighted by atomic mass is 16.5. The van der Waals surface area contributed by atoms with Gasteiger partial charge in [0.05, 0.1) is 108 Å². The number of benzene rings is 8. The second-order valence-electron chi connectivity index (χ2n) is 31.9. The molecule has 8 aromatic carbocycles. The fraction of sp³-hybridized carbons (Fsp3) is 0.393.